The van der Waals surface area contributed by atoms with E-state index in [-0.39, 0.29) is 11.3 Å². The molecule has 0 unspecified atom stereocenters. The zero-order valence-electron chi connectivity index (χ0n) is 10.0. The summed E-state index contributed by atoms with van der Waals surface area (Å²) >= 11 is 6.60. The molecule has 0 aliphatic rings. The molecule has 2 rings (SSSR count). The highest BCUT2D eigenvalue weighted by molar-refractivity contribution is 9.11. The number of aromatic hydroxyl groups is 1. The van der Waals surface area contributed by atoms with Crippen LogP contribution in [0.15, 0.2) is 39.4 Å². The number of pyridine rings is 1. The molecular formula is C14H9Br2NO3. The van der Waals surface area contributed by atoms with Gasteiger partial charge in [0.15, 0.2) is 0 Å². The molecule has 102 valence electrons. The number of aromatic nitrogens is 1. The molecule has 2 aromatic rings. The largest absolute Gasteiger partial charge is 0.506 e. The van der Waals surface area contributed by atoms with E-state index in [0.717, 1.165) is 4.47 Å². The van der Waals surface area contributed by atoms with Gasteiger partial charge in [0.05, 0.1) is 15.7 Å². The van der Waals surface area contributed by atoms with Gasteiger partial charge in [0.25, 0.3) is 0 Å². The molecule has 0 aliphatic carbocycles. The molecule has 6 heteroatoms. The molecule has 20 heavy (non-hydrogen) atoms. The van der Waals surface area contributed by atoms with Crippen LogP contribution < -0.4 is 0 Å². The first kappa shape index (κ1) is 14.7. The monoisotopic (exact) mass is 397 g/mol. The number of halogens is 2. The van der Waals surface area contributed by atoms with Crippen LogP contribution in [0, 0.1) is 0 Å². The summed E-state index contributed by atoms with van der Waals surface area (Å²) in [5.41, 5.74) is 1.36. The lowest BCUT2D eigenvalue weighted by Gasteiger charge is -2.03. The summed E-state index contributed by atoms with van der Waals surface area (Å²) in [5.74, 6) is -0.881. The second-order valence-corrected chi connectivity index (χ2v) is 5.71. The average Bonchev–Trinajstić information content (AvgIpc) is 2.41. The van der Waals surface area contributed by atoms with Gasteiger partial charge < -0.3 is 10.2 Å². The molecule has 2 N–H and O–H groups in total. The number of hydrogen-bond acceptors (Lipinski definition) is 3. The molecule has 0 radical (unpaired) electrons. The topological polar surface area (TPSA) is 70.4 Å². The summed E-state index contributed by atoms with van der Waals surface area (Å²) in [7, 11) is 0. The van der Waals surface area contributed by atoms with Gasteiger partial charge in [0.2, 0.25) is 0 Å². The Balaban J connectivity index is 2.27. The first-order valence-electron chi connectivity index (χ1n) is 5.53. The van der Waals surface area contributed by atoms with Crippen molar-refractivity contribution in [1.29, 1.82) is 0 Å². The molecule has 1 aromatic carbocycles. The zero-order valence-corrected chi connectivity index (χ0v) is 13.2. The predicted molar refractivity (Wildman–Crippen MR) is 83.6 cm³/mol. The number of carboxylic acid groups (broad SMARTS) is 1. The molecule has 1 aromatic heterocycles. The smallest absolute Gasteiger partial charge is 0.337 e. The Morgan fingerprint density at radius 2 is 1.95 bits per heavy atom. The fourth-order valence-corrected chi connectivity index (χ4v) is 2.78. The van der Waals surface area contributed by atoms with Gasteiger partial charge in [0.1, 0.15) is 5.75 Å². The number of phenolic OH excluding ortho intramolecular Hbond substituents is 1. The van der Waals surface area contributed by atoms with E-state index in [1.54, 1.807) is 30.4 Å². The van der Waals surface area contributed by atoms with Crippen LogP contribution in [-0.2, 0) is 0 Å². The van der Waals surface area contributed by atoms with E-state index < -0.39 is 5.97 Å². The third-order valence-corrected chi connectivity index (χ3v) is 3.59. The highest BCUT2D eigenvalue weighted by Crippen LogP contribution is 2.32. The SMILES string of the molecule is O=C(O)c1ccc(/C=C/c2cc(Br)cc(Br)c2O)nc1. The average molecular weight is 399 g/mol. The summed E-state index contributed by atoms with van der Waals surface area (Å²) in [5, 5.41) is 18.7. The molecule has 0 bridgehead atoms. The molecule has 0 aliphatic heterocycles. The molecular weight excluding hydrogens is 390 g/mol. The van der Waals surface area contributed by atoms with Gasteiger partial charge >= 0.3 is 5.97 Å². The van der Waals surface area contributed by atoms with E-state index >= 15 is 0 Å². The van der Waals surface area contributed by atoms with Crippen LogP contribution >= 0.6 is 31.9 Å². The fourth-order valence-electron chi connectivity index (χ4n) is 1.52. The summed E-state index contributed by atoms with van der Waals surface area (Å²) in [6.45, 7) is 0. The van der Waals surface area contributed by atoms with Crippen molar-refractivity contribution in [3.05, 3.63) is 56.2 Å². The van der Waals surface area contributed by atoms with Crippen molar-refractivity contribution >= 4 is 50.0 Å². The third kappa shape index (κ3) is 3.46. The summed E-state index contributed by atoms with van der Waals surface area (Å²) < 4.78 is 1.41. The Bertz CT molecular complexity index is 682. The lowest BCUT2D eigenvalue weighted by atomic mass is 10.1. The minimum atomic E-state index is -1.01. The quantitative estimate of drug-likeness (QED) is 0.813. The van der Waals surface area contributed by atoms with Crippen molar-refractivity contribution in [2.24, 2.45) is 0 Å². The maximum atomic E-state index is 10.7. The Morgan fingerprint density at radius 1 is 1.20 bits per heavy atom. The van der Waals surface area contributed by atoms with Gasteiger partial charge in [-0.1, -0.05) is 15.9 Å². The number of benzene rings is 1. The van der Waals surface area contributed by atoms with Gasteiger partial charge in [-0.25, -0.2) is 4.79 Å². The minimum absolute atomic E-state index is 0.131. The number of carboxylic acids is 1. The van der Waals surface area contributed by atoms with E-state index in [9.17, 15) is 9.90 Å². The van der Waals surface area contributed by atoms with Gasteiger partial charge in [-0.15, -0.1) is 0 Å². The minimum Gasteiger partial charge on any atom is -0.506 e. The molecule has 0 spiro atoms. The first-order valence-corrected chi connectivity index (χ1v) is 7.11. The number of phenols is 1. The molecule has 0 saturated heterocycles. The van der Waals surface area contributed by atoms with E-state index in [1.165, 1.54) is 12.3 Å². The van der Waals surface area contributed by atoms with Gasteiger partial charge in [0, 0.05) is 16.2 Å². The Labute approximate surface area is 132 Å². The summed E-state index contributed by atoms with van der Waals surface area (Å²) in [6.07, 6.45) is 4.69. The molecule has 0 atom stereocenters. The van der Waals surface area contributed by atoms with Gasteiger partial charge in [-0.2, -0.15) is 0 Å². The van der Waals surface area contributed by atoms with Gasteiger partial charge in [-0.05, 0) is 52.3 Å². The first-order chi connectivity index (χ1) is 9.47. The van der Waals surface area contributed by atoms with Crippen LogP contribution in [0.4, 0.5) is 0 Å². The molecule has 0 amide bonds. The highest BCUT2D eigenvalue weighted by atomic mass is 79.9. The standard InChI is InChI=1S/C14H9Br2NO3/c15-10-5-8(13(18)12(16)6-10)1-3-11-4-2-9(7-17-11)14(19)20/h1-7,18H,(H,19,20)/b3-1+. The Kier molecular flexibility index (Phi) is 4.57. The van der Waals surface area contributed by atoms with Crippen LogP contribution in [0.3, 0.4) is 0 Å². The number of hydrogen-bond donors (Lipinski definition) is 2. The predicted octanol–water partition coefficient (Wildman–Crippen LogP) is 4.18. The van der Waals surface area contributed by atoms with Crippen LogP contribution in [0.2, 0.25) is 0 Å². The maximum absolute atomic E-state index is 10.7. The van der Waals surface area contributed by atoms with Crippen molar-refractivity contribution in [2.45, 2.75) is 0 Å². The van der Waals surface area contributed by atoms with Crippen molar-refractivity contribution in [2.75, 3.05) is 0 Å². The van der Waals surface area contributed by atoms with Crippen molar-refractivity contribution < 1.29 is 15.0 Å². The lowest BCUT2D eigenvalue weighted by molar-refractivity contribution is 0.0696. The normalized spacial score (nSPS) is 10.9. The Morgan fingerprint density at radius 3 is 2.55 bits per heavy atom. The lowest BCUT2D eigenvalue weighted by Crippen LogP contribution is -1.96. The van der Waals surface area contributed by atoms with E-state index in [0.29, 0.717) is 15.7 Å². The van der Waals surface area contributed by atoms with Crippen LogP contribution in [0.5, 0.6) is 5.75 Å². The van der Waals surface area contributed by atoms with Crippen molar-refractivity contribution in [1.82, 2.24) is 4.98 Å². The Hall–Kier alpha value is -1.66. The van der Waals surface area contributed by atoms with E-state index in [1.807, 2.05) is 0 Å². The van der Waals surface area contributed by atoms with Crippen molar-refractivity contribution in [3.63, 3.8) is 0 Å². The second-order valence-electron chi connectivity index (χ2n) is 3.94. The number of carbonyl (C=O) groups is 1. The van der Waals surface area contributed by atoms with Crippen LogP contribution in [0.1, 0.15) is 21.6 Å². The fraction of sp³-hybridized carbons (Fsp3) is 0. The highest BCUT2D eigenvalue weighted by Gasteiger charge is 2.05. The number of rotatable bonds is 3. The third-order valence-electron chi connectivity index (χ3n) is 2.52. The summed E-state index contributed by atoms with van der Waals surface area (Å²) in [4.78, 5) is 14.7. The van der Waals surface area contributed by atoms with E-state index in [2.05, 4.69) is 36.8 Å². The van der Waals surface area contributed by atoms with Crippen molar-refractivity contribution in [3.8, 4) is 5.75 Å². The molecule has 0 saturated carbocycles. The van der Waals surface area contributed by atoms with E-state index in [4.69, 9.17) is 5.11 Å². The summed E-state index contributed by atoms with van der Waals surface area (Å²) in [6, 6.07) is 6.59. The molecule has 0 fully saturated rings. The molecule has 1 heterocycles. The maximum Gasteiger partial charge on any atom is 0.337 e. The number of aromatic carboxylic acids is 1. The molecule has 4 nitrogen and oxygen atoms in total. The van der Waals surface area contributed by atoms with Crippen LogP contribution in [0.25, 0.3) is 12.2 Å². The van der Waals surface area contributed by atoms with Crippen LogP contribution in [-0.4, -0.2) is 21.2 Å². The number of nitrogens with zero attached hydrogens (tertiary/aromatic N) is 1. The second kappa shape index (κ2) is 6.19. The van der Waals surface area contributed by atoms with Gasteiger partial charge in [-0.3, -0.25) is 4.98 Å². The zero-order chi connectivity index (χ0) is 14.7.